The van der Waals surface area contributed by atoms with Crippen molar-refractivity contribution in [1.29, 1.82) is 0 Å². The Morgan fingerprint density at radius 1 is 1.11 bits per heavy atom. The van der Waals surface area contributed by atoms with E-state index in [1.807, 2.05) is 24.3 Å². The number of benzene rings is 1. The lowest BCUT2D eigenvalue weighted by Gasteiger charge is -2.17. The maximum absolute atomic E-state index is 12.4. The van der Waals surface area contributed by atoms with E-state index in [1.54, 1.807) is 0 Å². The van der Waals surface area contributed by atoms with Crippen LogP contribution in [0.1, 0.15) is 44.6 Å². The van der Waals surface area contributed by atoms with Gasteiger partial charge < -0.3 is 0 Å². The minimum absolute atomic E-state index is 0.221. The van der Waals surface area contributed by atoms with Crippen LogP contribution in [-0.4, -0.2) is 5.78 Å². The molecule has 18 heavy (non-hydrogen) atoms. The van der Waals surface area contributed by atoms with Crippen molar-refractivity contribution in [3.63, 3.8) is 0 Å². The molecule has 1 aromatic carbocycles. The highest BCUT2D eigenvalue weighted by atomic mass is 35.5. The first-order chi connectivity index (χ1) is 8.70. The van der Waals surface area contributed by atoms with Gasteiger partial charge in [0, 0.05) is 16.9 Å². The Morgan fingerprint density at radius 2 is 1.72 bits per heavy atom. The van der Waals surface area contributed by atoms with Gasteiger partial charge in [0.2, 0.25) is 0 Å². The molecular formula is C16H21ClO. The van der Waals surface area contributed by atoms with Crippen LogP contribution in [0.25, 0.3) is 0 Å². The SMILES string of the molecule is CCC1CCCCC(Cc2ccc(Cl)cc2)C1=O. The first kappa shape index (κ1) is 13.6. The molecule has 0 amide bonds. The van der Waals surface area contributed by atoms with Crippen molar-refractivity contribution < 1.29 is 4.79 Å². The monoisotopic (exact) mass is 264 g/mol. The summed E-state index contributed by atoms with van der Waals surface area (Å²) in [6.45, 7) is 2.13. The summed E-state index contributed by atoms with van der Waals surface area (Å²) in [6, 6.07) is 7.91. The van der Waals surface area contributed by atoms with E-state index in [9.17, 15) is 4.79 Å². The summed E-state index contributed by atoms with van der Waals surface area (Å²) in [6.07, 6.45) is 6.43. The Hall–Kier alpha value is -0.820. The summed E-state index contributed by atoms with van der Waals surface area (Å²) in [4.78, 5) is 12.4. The number of rotatable bonds is 3. The number of hydrogen-bond acceptors (Lipinski definition) is 1. The molecule has 0 aliphatic heterocycles. The zero-order chi connectivity index (χ0) is 13.0. The van der Waals surface area contributed by atoms with Crippen LogP contribution in [0.2, 0.25) is 5.02 Å². The second-order valence-corrected chi connectivity index (χ2v) is 5.76. The molecule has 0 bridgehead atoms. The van der Waals surface area contributed by atoms with Gasteiger partial charge >= 0.3 is 0 Å². The third-order valence-corrected chi connectivity index (χ3v) is 4.30. The lowest BCUT2D eigenvalue weighted by Crippen LogP contribution is -2.23. The van der Waals surface area contributed by atoms with Crippen molar-refractivity contribution in [3.8, 4) is 0 Å². The zero-order valence-electron chi connectivity index (χ0n) is 11.0. The number of ketones is 1. The third kappa shape index (κ3) is 3.35. The van der Waals surface area contributed by atoms with Crippen LogP contribution < -0.4 is 0 Å². The molecule has 0 heterocycles. The minimum atomic E-state index is 0.221. The van der Waals surface area contributed by atoms with Gasteiger partial charge in [0.15, 0.2) is 0 Å². The van der Waals surface area contributed by atoms with Gasteiger partial charge in [0.1, 0.15) is 5.78 Å². The quantitative estimate of drug-likeness (QED) is 0.725. The Kier molecular flexibility index (Phi) is 4.82. The first-order valence-electron chi connectivity index (χ1n) is 6.99. The predicted octanol–water partition coefficient (Wildman–Crippen LogP) is 4.67. The van der Waals surface area contributed by atoms with Crippen LogP contribution in [-0.2, 0) is 11.2 Å². The fourth-order valence-electron chi connectivity index (χ4n) is 2.91. The van der Waals surface area contributed by atoms with E-state index in [-0.39, 0.29) is 5.92 Å². The largest absolute Gasteiger partial charge is 0.299 e. The first-order valence-corrected chi connectivity index (χ1v) is 7.36. The number of hydrogen-bond donors (Lipinski definition) is 0. The van der Waals surface area contributed by atoms with Crippen LogP contribution >= 0.6 is 11.6 Å². The fraction of sp³-hybridized carbons (Fsp3) is 0.562. The molecular weight excluding hydrogens is 244 g/mol. The van der Waals surface area contributed by atoms with Crippen molar-refractivity contribution in [1.82, 2.24) is 0 Å². The molecule has 2 heteroatoms. The van der Waals surface area contributed by atoms with E-state index < -0.39 is 0 Å². The van der Waals surface area contributed by atoms with E-state index in [0.29, 0.717) is 11.7 Å². The van der Waals surface area contributed by atoms with Gasteiger partial charge in [-0.15, -0.1) is 0 Å². The van der Waals surface area contributed by atoms with Crippen molar-refractivity contribution in [2.45, 2.75) is 45.4 Å². The summed E-state index contributed by atoms with van der Waals surface area (Å²) in [5.74, 6) is 1.01. The van der Waals surface area contributed by atoms with E-state index in [4.69, 9.17) is 11.6 Å². The van der Waals surface area contributed by atoms with E-state index >= 15 is 0 Å². The smallest absolute Gasteiger partial charge is 0.139 e. The number of carbonyl (C=O) groups is 1. The number of carbonyl (C=O) groups excluding carboxylic acids is 1. The highest BCUT2D eigenvalue weighted by Gasteiger charge is 2.27. The van der Waals surface area contributed by atoms with Crippen LogP contribution in [0.5, 0.6) is 0 Å². The van der Waals surface area contributed by atoms with Crippen molar-refractivity contribution in [2.24, 2.45) is 11.8 Å². The third-order valence-electron chi connectivity index (χ3n) is 4.05. The second-order valence-electron chi connectivity index (χ2n) is 5.32. The normalized spacial score (nSPS) is 24.9. The summed E-state index contributed by atoms with van der Waals surface area (Å²) < 4.78 is 0. The van der Waals surface area contributed by atoms with Gasteiger partial charge in [-0.3, -0.25) is 4.79 Å². The molecule has 2 atom stereocenters. The lowest BCUT2D eigenvalue weighted by molar-refractivity contribution is -0.126. The Balaban J connectivity index is 2.06. The predicted molar refractivity (Wildman–Crippen MR) is 75.9 cm³/mol. The number of halogens is 1. The molecule has 1 aliphatic rings. The van der Waals surface area contributed by atoms with Gasteiger partial charge in [0.25, 0.3) is 0 Å². The summed E-state index contributed by atoms with van der Waals surface area (Å²) in [5.41, 5.74) is 1.23. The Bertz CT molecular complexity index is 396. The van der Waals surface area contributed by atoms with Gasteiger partial charge in [0.05, 0.1) is 0 Å². The minimum Gasteiger partial charge on any atom is -0.299 e. The summed E-state index contributed by atoms with van der Waals surface area (Å²) >= 11 is 5.89. The molecule has 0 radical (unpaired) electrons. The van der Waals surface area contributed by atoms with Crippen molar-refractivity contribution in [2.75, 3.05) is 0 Å². The van der Waals surface area contributed by atoms with Crippen LogP contribution in [0.15, 0.2) is 24.3 Å². The molecule has 0 N–H and O–H groups in total. The molecule has 0 aromatic heterocycles. The molecule has 0 saturated heterocycles. The molecule has 2 unspecified atom stereocenters. The molecule has 98 valence electrons. The Labute approximate surface area is 115 Å². The van der Waals surface area contributed by atoms with Crippen LogP contribution in [0.3, 0.4) is 0 Å². The highest BCUT2D eigenvalue weighted by Crippen LogP contribution is 2.29. The van der Waals surface area contributed by atoms with E-state index in [2.05, 4.69) is 6.92 Å². The molecule has 1 aromatic rings. The van der Waals surface area contributed by atoms with Gasteiger partial charge in [-0.25, -0.2) is 0 Å². The molecule has 1 saturated carbocycles. The maximum atomic E-state index is 12.4. The standard InChI is InChI=1S/C16H21ClO/c1-2-13-5-3-4-6-14(16(13)18)11-12-7-9-15(17)10-8-12/h7-10,13-14H,2-6,11H2,1H3. The van der Waals surface area contributed by atoms with Crippen LogP contribution in [0, 0.1) is 11.8 Å². The maximum Gasteiger partial charge on any atom is 0.139 e. The van der Waals surface area contributed by atoms with E-state index in [0.717, 1.165) is 30.7 Å². The average Bonchev–Trinajstić information content (AvgIpc) is 2.55. The molecule has 1 nitrogen and oxygen atoms in total. The summed E-state index contributed by atoms with van der Waals surface area (Å²) in [5, 5.41) is 0.761. The fourth-order valence-corrected chi connectivity index (χ4v) is 3.04. The van der Waals surface area contributed by atoms with Gasteiger partial charge in [-0.2, -0.15) is 0 Å². The van der Waals surface area contributed by atoms with Gasteiger partial charge in [-0.05, 0) is 43.4 Å². The molecule has 2 rings (SSSR count). The van der Waals surface area contributed by atoms with Gasteiger partial charge in [-0.1, -0.05) is 43.5 Å². The lowest BCUT2D eigenvalue weighted by atomic mass is 9.86. The van der Waals surface area contributed by atoms with Crippen molar-refractivity contribution in [3.05, 3.63) is 34.9 Å². The Morgan fingerprint density at radius 3 is 2.33 bits per heavy atom. The molecule has 0 spiro atoms. The van der Waals surface area contributed by atoms with Crippen LogP contribution in [0.4, 0.5) is 0 Å². The van der Waals surface area contributed by atoms with Crippen molar-refractivity contribution >= 4 is 17.4 Å². The average molecular weight is 265 g/mol. The van der Waals surface area contributed by atoms with E-state index in [1.165, 1.54) is 18.4 Å². The topological polar surface area (TPSA) is 17.1 Å². The summed E-state index contributed by atoms with van der Waals surface area (Å²) in [7, 11) is 0. The highest BCUT2D eigenvalue weighted by molar-refractivity contribution is 6.30. The molecule has 1 aliphatic carbocycles. The molecule has 1 fully saturated rings. The second kappa shape index (κ2) is 6.38. The zero-order valence-corrected chi connectivity index (χ0v) is 11.7. The number of Topliss-reactive ketones (excluding diaryl/α,β-unsaturated/α-hetero) is 1.